The molecule has 0 aliphatic carbocycles. The van der Waals surface area contributed by atoms with Gasteiger partial charge in [0.05, 0.1) is 17.7 Å². The van der Waals surface area contributed by atoms with E-state index in [0.29, 0.717) is 10.0 Å². The lowest BCUT2D eigenvalue weighted by Crippen LogP contribution is -2.05. The average Bonchev–Trinajstić information content (AvgIpc) is 2.29. The number of carbonyl (C=O) groups is 1. The van der Waals surface area contributed by atoms with E-state index in [1.165, 1.54) is 19.2 Å². The molecule has 0 saturated heterocycles. The molecule has 1 aromatic rings. The SMILES string of the molecule is COC(=O)CCC(O)c1ccc(Br)c(F)c1. The van der Waals surface area contributed by atoms with Gasteiger partial charge in [-0.3, -0.25) is 4.79 Å². The van der Waals surface area contributed by atoms with Crippen LogP contribution in [0.1, 0.15) is 24.5 Å². The fourth-order valence-corrected chi connectivity index (χ4v) is 1.49. The molecule has 5 heteroatoms. The van der Waals surface area contributed by atoms with Crippen LogP contribution >= 0.6 is 15.9 Å². The third-order valence-electron chi connectivity index (χ3n) is 2.18. The normalized spacial score (nSPS) is 12.2. The number of halogens is 2. The second-order valence-electron chi connectivity index (χ2n) is 3.30. The lowest BCUT2D eigenvalue weighted by Gasteiger charge is -2.10. The minimum atomic E-state index is -0.860. The molecule has 1 N–H and O–H groups in total. The number of carbonyl (C=O) groups excluding carboxylic acids is 1. The van der Waals surface area contributed by atoms with E-state index in [-0.39, 0.29) is 12.8 Å². The van der Waals surface area contributed by atoms with Crippen molar-refractivity contribution in [1.82, 2.24) is 0 Å². The highest BCUT2D eigenvalue weighted by molar-refractivity contribution is 9.10. The van der Waals surface area contributed by atoms with Crippen LogP contribution in [0.2, 0.25) is 0 Å². The molecule has 1 aromatic carbocycles. The third kappa shape index (κ3) is 3.57. The maximum Gasteiger partial charge on any atom is 0.305 e. The number of methoxy groups -OCH3 is 1. The lowest BCUT2D eigenvalue weighted by molar-refractivity contribution is -0.141. The van der Waals surface area contributed by atoms with Gasteiger partial charge >= 0.3 is 5.97 Å². The van der Waals surface area contributed by atoms with E-state index in [1.807, 2.05) is 0 Å². The van der Waals surface area contributed by atoms with E-state index in [4.69, 9.17) is 0 Å². The smallest absolute Gasteiger partial charge is 0.305 e. The second-order valence-corrected chi connectivity index (χ2v) is 4.16. The summed E-state index contributed by atoms with van der Waals surface area (Å²) >= 11 is 3.02. The zero-order valence-corrected chi connectivity index (χ0v) is 10.3. The van der Waals surface area contributed by atoms with Crippen LogP contribution in [-0.2, 0) is 9.53 Å². The molecular weight excluding hydrogens is 279 g/mol. The third-order valence-corrected chi connectivity index (χ3v) is 2.82. The Bertz CT molecular complexity index is 381. The van der Waals surface area contributed by atoms with Crippen LogP contribution in [0.25, 0.3) is 0 Å². The molecule has 88 valence electrons. The minimum absolute atomic E-state index is 0.106. The van der Waals surface area contributed by atoms with Gasteiger partial charge in [0.2, 0.25) is 0 Å². The summed E-state index contributed by atoms with van der Waals surface area (Å²) in [6.07, 6.45) is -0.537. The van der Waals surface area contributed by atoms with Gasteiger partial charge in [0, 0.05) is 6.42 Å². The van der Waals surface area contributed by atoms with E-state index >= 15 is 0 Å². The minimum Gasteiger partial charge on any atom is -0.469 e. The summed E-state index contributed by atoms with van der Waals surface area (Å²) in [4.78, 5) is 10.9. The number of benzene rings is 1. The predicted molar refractivity (Wildman–Crippen MR) is 60.3 cm³/mol. The Labute approximate surface area is 101 Å². The van der Waals surface area contributed by atoms with Gasteiger partial charge < -0.3 is 9.84 Å². The van der Waals surface area contributed by atoms with Crippen molar-refractivity contribution in [1.29, 1.82) is 0 Å². The number of ether oxygens (including phenoxy) is 1. The van der Waals surface area contributed by atoms with Gasteiger partial charge in [-0.2, -0.15) is 0 Å². The molecule has 0 radical (unpaired) electrons. The molecule has 1 unspecified atom stereocenters. The molecule has 0 bridgehead atoms. The molecule has 1 rings (SSSR count). The maximum atomic E-state index is 13.2. The Balaban J connectivity index is 2.62. The van der Waals surface area contributed by atoms with Crippen LogP contribution < -0.4 is 0 Å². The molecule has 0 aromatic heterocycles. The highest BCUT2D eigenvalue weighted by Crippen LogP contribution is 2.23. The lowest BCUT2D eigenvalue weighted by atomic mass is 10.1. The number of hydrogen-bond acceptors (Lipinski definition) is 3. The molecule has 0 fully saturated rings. The summed E-state index contributed by atoms with van der Waals surface area (Å²) < 4.78 is 17.9. The first-order valence-electron chi connectivity index (χ1n) is 4.74. The zero-order valence-electron chi connectivity index (χ0n) is 8.74. The Morgan fingerprint density at radius 3 is 2.88 bits per heavy atom. The van der Waals surface area contributed by atoms with Crippen LogP contribution in [0.4, 0.5) is 4.39 Å². The van der Waals surface area contributed by atoms with Gasteiger partial charge in [-0.15, -0.1) is 0 Å². The molecule has 0 spiro atoms. The summed E-state index contributed by atoms with van der Waals surface area (Å²) in [5.41, 5.74) is 0.449. The van der Waals surface area contributed by atoms with Gasteiger partial charge in [-0.1, -0.05) is 6.07 Å². The standard InChI is InChI=1S/C11H12BrFO3/c1-16-11(15)5-4-10(14)7-2-3-8(12)9(13)6-7/h2-3,6,10,14H,4-5H2,1H3. The molecule has 3 nitrogen and oxygen atoms in total. The van der Waals surface area contributed by atoms with Crippen LogP contribution in [0, 0.1) is 5.82 Å². The van der Waals surface area contributed by atoms with Crippen molar-refractivity contribution in [2.24, 2.45) is 0 Å². The predicted octanol–water partition coefficient (Wildman–Crippen LogP) is 2.57. The molecule has 1 atom stereocenters. The summed E-state index contributed by atoms with van der Waals surface area (Å²) in [6.45, 7) is 0. The second kappa shape index (κ2) is 5.96. The summed E-state index contributed by atoms with van der Waals surface area (Å²) in [6, 6.07) is 4.37. The van der Waals surface area contributed by atoms with Gasteiger partial charge in [0.25, 0.3) is 0 Å². The summed E-state index contributed by atoms with van der Waals surface area (Å²) in [5, 5.41) is 9.69. The van der Waals surface area contributed by atoms with E-state index in [9.17, 15) is 14.3 Å². The number of rotatable bonds is 4. The van der Waals surface area contributed by atoms with E-state index in [0.717, 1.165) is 0 Å². The number of aliphatic hydroxyl groups is 1. The maximum absolute atomic E-state index is 13.2. The first kappa shape index (κ1) is 13.1. The van der Waals surface area contributed by atoms with Crippen molar-refractivity contribution in [2.45, 2.75) is 18.9 Å². The van der Waals surface area contributed by atoms with Gasteiger partial charge in [-0.25, -0.2) is 4.39 Å². The van der Waals surface area contributed by atoms with Crippen molar-refractivity contribution >= 4 is 21.9 Å². The molecule has 0 amide bonds. The van der Waals surface area contributed by atoms with Crippen molar-refractivity contribution in [3.05, 3.63) is 34.1 Å². The summed E-state index contributed by atoms with van der Waals surface area (Å²) in [7, 11) is 1.29. The van der Waals surface area contributed by atoms with Crippen molar-refractivity contribution in [3.63, 3.8) is 0 Å². The molecular formula is C11H12BrFO3. The monoisotopic (exact) mass is 290 g/mol. The van der Waals surface area contributed by atoms with Crippen molar-refractivity contribution < 1.29 is 19.0 Å². The van der Waals surface area contributed by atoms with Gasteiger partial charge in [-0.05, 0) is 40.0 Å². The van der Waals surface area contributed by atoms with Crippen LogP contribution in [0.3, 0.4) is 0 Å². The Morgan fingerprint density at radius 2 is 2.31 bits per heavy atom. The Morgan fingerprint density at radius 1 is 1.62 bits per heavy atom. The van der Waals surface area contributed by atoms with E-state index in [2.05, 4.69) is 20.7 Å². The van der Waals surface area contributed by atoms with Crippen LogP contribution in [0.5, 0.6) is 0 Å². The van der Waals surface area contributed by atoms with E-state index < -0.39 is 17.9 Å². The molecule has 16 heavy (non-hydrogen) atoms. The Kier molecular flexibility index (Phi) is 4.89. The average molecular weight is 291 g/mol. The first-order valence-corrected chi connectivity index (χ1v) is 5.53. The van der Waals surface area contributed by atoms with Crippen molar-refractivity contribution in [2.75, 3.05) is 7.11 Å². The first-order chi connectivity index (χ1) is 7.54. The van der Waals surface area contributed by atoms with Gasteiger partial charge in [0.1, 0.15) is 5.82 Å². The number of esters is 1. The summed E-state index contributed by atoms with van der Waals surface area (Å²) in [5.74, 6) is -0.828. The number of hydrogen-bond donors (Lipinski definition) is 1. The largest absolute Gasteiger partial charge is 0.469 e. The Hall–Kier alpha value is -0.940. The molecule has 0 aliphatic rings. The van der Waals surface area contributed by atoms with Crippen molar-refractivity contribution in [3.8, 4) is 0 Å². The molecule has 0 heterocycles. The molecule has 0 saturated carbocycles. The van der Waals surface area contributed by atoms with Gasteiger partial charge in [0.15, 0.2) is 0 Å². The quantitative estimate of drug-likeness (QED) is 0.867. The highest BCUT2D eigenvalue weighted by atomic mass is 79.9. The molecule has 0 aliphatic heterocycles. The topological polar surface area (TPSA) is 46.5 Å². The fraction of sp³-hybridized carbons (Fsp3) is 0.364. The fourth-order valence-electron chi connectivity index (χ4n) is 1.24. The highest BCUT2D eigenvalue weighted by Gasteiger charge is 2.12. The van der Waals surface area contributed by atoms with E-state index in [1.54, 1.807) is 6.07 Å². The number of aliphatic hydroxyl groups excluding tert-OH is 1. The zero-order chi connectivity index (χ0) is 12.1. The van der Waals surface area contributed by atoms with Crippen LogP contribution in [0.15, 0.2) is 22.7 Å². The van der Waals surface area contributed by atoms with Crippen LogP contribution in [-0.4, -0.2) is 18.2 Å².